The molecule has 0 aliphatic heterocycles. The topological polar surface area (TPSA) is 38.3 Å². The van der Waals surface area contributed by atoms with Crippen molar-refractivity contribution in [1.29, 1.82) is 0 Å². The Balaban J connectivity index is 1.92. The highest BCUT2D eigenvalue weighted by molar-refractivity contribution is 9.10. The molecule has 1 amide bonds. The molecule has 0 saturated heterocycles. The second-order valence-electron chi connectivity index (χ2n) is 4.47. The second-order valence-corrected chi connectivity index (χ2v) is 5.79. The first-order valence-electron chi connectivity index (χ1n) is 6.55. The average Bonchev–Trinajstić information content (AvgIpc) is 2.46. The third-order valence-electron chi connectivity index (χ3n) is 2.87. The van der Waals surface area contributed by atoms with Gasteiger partial charge >= 0.3 is 0 Å². The van der Waals surface area contributed by atoms with E-state index >= 15 is 0 Å². The molecule has 110 valence electrons. The van der Waals surface area contributed by atoms with E-state index in [0.717, 1.165) is 16.6 Å². The molecule has 3 nitrogen and oxygen atoms in total. The highest BCUT2D eigenvalue weighted by Gasteiger charge is 2.07. The molecular weight excluding hydrogens is 354 g/mol. The zero-order valence-corrected chi connectivity index (χ0v) is 13.9. The van der Waals surface area contributed by atoms with Crippen LogP contribution in [-0.4, -0.2) is 12.5 Å². The van der Waals surface area contributed by atoms with Gasteiger partial charge in [0.05, 0.1) is 5.02 Å². The van der Waals surface area contributed by atoms with Gasteiger partial charge in [-0.15, -0.1) is 0 Å². The highest BCUT2D eigenvalue weighted by atomic mass is 79.9. The fourth-order valence-electron chi connectivity index (χ4n) is 1.80. The summed E-state index contributed by atoms with van der Waals surface area (Å²) in [5.74, 6) is 0.263. The molecule has 0 spiro atoms. The van der Waals surface area contributed by atoms with Crippen LogP contribution in [0.25, 0.3) is 0 Å². The molecule has 0 atom stereocenters. The quantitative estimate of drug-likeness (QED) is 0.832. The van der Waals surface area contributed by atoms with Gasteiger partial charge in [0.25, 0.3) is 5.91 Å². The average molecular weight is 369 g/mol. The number of halogens is 2. The van der Waals surface area contributed by atoms with E-state index in [1.807, 2.05) is 30.3 Å². The lowest BCUT2D eigenvalue weighted by atomic mass is 10.1. The van der Waals surface area contributed by atoms with Crippen molar-refractivity contribution >= 4 is 39.1 Å². The summed E-state index contributed by atoms with van der Waals surface area (Å²) in [7, 11) is 0. The van der Waals surface area contributed by atoms with Gasteiger partial charge in [0.1, 0.15) is 5.75 Å². The first kappa shape index (κ1) is 15.9. The van der Waals surface area contributed by atoms with Crippen LogP contribution in [0.1, 0.15) is 12.5 Å². The third-order valence-corrected chi connectivity index (χ3v) is 3.66. The molecule has 2 rings (SSSR count). The molecule has 0 fully saturated rings. The molecule has 5 heteroatoms. The lowest BCUT2D eigenvalue weighted by molar-refractivity contribution is -0.118. The standard InChI is InChI=1S/C16H15BrClNO2/c1-2-11-4-3-5-13(8-11)19-16(20)10-21-15-7-6-12(17)9-14(15)18/h3-9H,2,10H2,1H3,(H,19,20). The number of carbonyl (C=O) groups excluding carboxylic acids is 1. The number of amides is 1. The van der Waals surface area contributed by atoms with E-state index in [1.54, 1.807) is 12.1 Å². The molecule has 0 heterocycles. The maximum absolute atomic E-state index is 11.9. The van der Waals surface area contributed by atoms with E-state index in [-0.39, 0.29) is 12.5 Å². The Morgan fingerprint density at radius 3 is 2.81 bits per heavy atom. The normalized spacial score (nSPS) is 10.2. The smallest absolute Gasteiger partial charge is 0.262 e. The lowest BCUT2D eigenvalue weighted by Crippen LogP contribution is -2.20. The summed E-state index contributed by atoms with van der Waals surface area (Å²) in [5.41, 5.74) is 1.94. The number of carbonyl (C=O) groups is 1. The number of rotatable bonds is 5. The van der Waals surface area contributed by atoms with Crippen LogP contribution in [-0.2, 0) is 11.2 Å². The number of anilines is 1. The lowest BCUT2D eigenvalue weighted by Gasteiger charge is -2.09. The van der Waals surface area contributed by atoms with Crippen molar-refractivity contribution in [2.75, 3.05) is 11.9 Å². The minimum absolute atomic E-state index is 0.0856. The molecule has 0 saturated carbocycles. The number of benzene rings is 2. The maximum Gasteiger partial charge on any atom is 0.262 e. The molecule has 0 bridgehead atoms. The largest absolute Gasteiger partial charge is 0.482 e. The summed E-state index contributed by atoms with van der Waals surface area (Å²) >= 11 is 9.34. The Bertz CT molecular complexity index is 646. The zero-order chi connectivity index (χ0) is 15.2. The van der Waals surface area contributed by atoms with E-state index in [2.05, 4.69) is 28.2 Å². The van der Waals surface area contributed by atoms with Gasteiger partial charge in [-0.05, 0) is 42.3 Å². The summed E-state index contributed by atoms with van der Waals surface area (Å²) in [6.45, 7) is 1.98. The number of aryl methyl sites for hydroxylation is 1. The predicted molar refractivity (Wildman–Crippen MR) is 89.1 cm³/mol. The van der Waals surface area contributed by atoms with E-state index in [0.29, 0.717) is 10.8 Å². The minimum atomic E-state index is -0.220. The number of nitrogens with one attached hydrogen (secondary N) is 1. The summed E-state index contributed by atoms with van der Waals surface area (Å²) in [6, 6.07) is 13.0. The highest BCUT2D eigenvalue weighted by Crippen LogP contribution is 2.27. The van der Waals surface area contributed by atoms with Gasteiger partial charge in [-0.25, -0.2) is 0 Å². The van der Waals surface area contributed by atoms with Crippen LogP contribution in [0.4, 0.5) is 5.69 Å². The molecule has 0 aliphatic carbocycles. The van der Waals surface area contributed by atoms with Crippen LogP contribution in [0.5, 0.6) is 5.75 Å². The fraction of sp³-hybridized carbons (Fsp3) is 0.188. The van der Waals surface area contributed by atoms with E-state index < -0.39 is 0 Å². The van der Waals surface area contributed by atoms with Gasteiger partial charge in [-0.2, -0.15) is 0 Å². The molecule has 2 aromatic rings. The Morgan fingerprint density at radius 2 is 2.10 bits per heavy atom. The number of hydrogen-bond acceptors (Lipinski definition) is 2. The predicted octanol–water partition coefficient (Wildman–Crippen LogP) is 4.68. The van der Waals surface area contributed by atoms with Gasteiger partial charge in [0, 0.05) is 10.2 Å². The third kappa shape index (κ3) is 4.76. The Labute approximate surface area is 137 Å². The van der Waals surface area contributed by atoms with E-state index in [1.165, 1.54) is 5.56 Å². The monoisotopic (exact) mass is 367 g/mol. The summed E-state index contributed by atoms with van der Waals surface area (Å²) in [5, 5.41) is 3.26. The molecule has 0 aromatic heterocycles. The van der Waals surface area contributed by atoms with Gasteiger partial charge in [-0.3, -0.25) is 4.79 Å². The maximum atomic E-state index is 11.9. The van der Waals surface area contributed by atoms with E-state index in [9.17, 15) is 4.79 Å². The second kappa shape index (κ2) is 7.48. The van der Waals surface area contributed by atoms with Crippen LogP contribution >= 0.6 is 27.5 Å². The minimum Gasteiger partial charge on any atom is -0.482 e. The molecule has 21 heavy (non-hydrogen) atoms. The van der Waals surface area contributed by atoms with Gasteiger partial charge in [0.15, 0.2) is 6.61 Å². The first-order valence-corrected chi connectivity index (χ1v) is 7.72. The van der Waals surface area contributed by atoms with Crippen molar-refractivity contribution in [2.24, 2.45) is 0 Å². The molecule has 2 aromatic carbocycles. The number of hydrogen-bond donors (Lipinski definition) is 1. The fourth-order valence-corrected chi connectivity index (χ4v) is 2.53. The van der Waals surface area contributed by atoms with Crippen molar-refractivity contribution in [2.45, 2.75) is 13.3 Å². The van der Waals surface area contributed by atoms with Crippen LogP contribution in [0, 0.1) is 0 Å². The molecule has 0 radical (unpaired) electrons. The molecular formula is C16H15BrClNO2. The van der Waals surface area contributed by atoms with Crippen molar-refractivity contribution in [3.8, 4) is 5.75 Å². The number of ether oxygens (including phenoxy) is 1. The van der Waals surface area contributed by atoms with Crippen LogP contribution in [0.3, 0.4) is 0 Å². The first-order chi connectivity index (χ1) is 10.1. The van der Waals surface area contributed by atoms with Crippen molar-refractivity contribution in [3.63, 3.8) is 0 Å². The zero-order valence-electron chi connectivity index (χ0n) is 11.5. The van der Waals surface area contributed by atoms with Gasteiger partial charge in [0.2, 0.25) is 0 Å². The van der Waals surface area contributed by atoms with Crippen molar-refractivity contribution in [1.82, 2.24) is 0 Å². The Hall–Kier alpha value is -1.52. The molecule has 1 N–H and O–H groups in total. The van der Waals surface area contributed by atoms with Crippen LogP contribution in [0.2, 0.25) is 5.02 Å². The summed E-state index contributed by atoms with van der Waals surface area (Å²) < 4.78 is 6.28. The summed E-state index contributed by atoms with van der Waals surface area (Å²) in [4.78, 5) is 11.9. The Morgan fingerprint density at radius 1 is 1.29 bits per heavy atom. The van der Waals surface area contributed by atoms with Gasteiger partial charge < -0.3 is 10.1 Å². The molecule has 0 aliphatic rings. The van der Waals surface area contributed by atoms with Crippen molar-refractivity contribution < 1.29 is 9.53 Å². The van der Waals surface area contributed by atoms with Crippen LogP contribution in [0.15, 0.2) is 46.9 Å². The molecule has 0 unspecified atom stereocenters. The van der Waals surface area contributed by atoms with Crippen LogP contribution < -0.4 is 10.1 Å². The Kier molecular flexibility index (Phi) is 5.65. The van der Waals surface area contributed by atoms with Crippen molar-refractivity contribution in [3.05, 3.63) is 57.5 Å². The van der Waals surface area contributed by atoms with E-state index in [4.69, 9.17) is 16.3 Å². The van der Waals surface area contributed by atoms with Gasteiger partial charge in [-0.1, -0.05) is 46.6 Å². The SMILES string of the molecule is CCc1cccc(NC(=O)COc2ccc(Br)cc2Cl)c1. The summed E-state index contributed by atoms with van der Waals surface area (Å²) in [6.07, 6.45) is 0.925.